The average Bonchev–Trinajstić information content (AvgIpc) is 2.70. The highest BCUT2D eigenvalue weighted by molar-refractivity contribution is 5.79. The molecule has 0 saturated heterocycles. The van der Waals surface area contributed by atoms with Crippen molar-refractivity contribution in [2.24, 2.45) is 4.99 Å². The first-order chi connectivity index (χ1) is 13.8. The fourth-order valence-electron chi connectivity index (χ4n) is 2.52. The van der Waals surface area contributed by atoms with Gasteiger partial charge in [0.05, 0.1) is 7.11 Å². The maximum absolute atomic E-state index is 12.6. The SMILES string of the molecule is CN=C(NCCNc1nccc(C(F)(F)F)n1)NCCc1ccc(C)c(OC)c1. The predicted molar refractivity (Wildman–Crippen MR) is 106 cm³/mol. The monoisotopic (exact) mass is 410 g/mol. The number of aryl methyl sites for hydroxylation is 1. The van der Waals surface area contributed by atoms with E-state index in [4.69, 9.17) is 4.74 Å². The van der Waals surface area contributed by atoms with Gasteiger partial charge in [-0.25, -0.2) is 9.97 Å². The second kappa shape index (κ2) is 10.5. The van der Waals surface area contributed by atoms with Crippen LogP contribution in [0.1, 0.15) is 16.8 Å². The van der Waals surface area contributed by atoms with Crippen LogP contribution in [0.2, 0.25) is 0 Å². The third-order valence-electron chi connectivity index (χ3n) is 4.05. The Kier molecular flexibility index (Phi) is 8.05. The fourth-order valence-corrected chi connectivity index (χ4v) is 2.52. The van der Waals surface area contributed by atoms with Crippen molar-refractivity contribution in [3.63, 3.8) is 0 Å². The quantitative estimate of drug-likeness (QED) is 0.353. The molecule has 2 aromatic rings. The Balaban J connectivity index is 1.73. The van der Waals surface area contributed by atoms with E-state index in [-0.39, 0.29) is 5.95 Å². The molecule has 0 unspecified atom stereocenters. The molecule has 0 aliphatic heterocycles. The number of guanidine groups is 1. The van der Waals surface area contributed by atoms with E-state index in [0.717, 1.165) is 35.6 Å². The standard InChI is InChI=1S/C19H25F3N6O/c1-13-4-5-14(12-15(13)29-3)6-8-24-17(23-2)26-10-11-27-18-25-9-7-16(28-18)19(20,21)22/h4-5,7,9,12H,6,8,10-11H2,1-3H3,(H2,23,24,26)(H,25,27,28). The van der Waals surface area contributed by atoms with Gasteiger partial charge in [0, 0.05) is 32.9 Å². The number of aromatic nitrogens is 2. The Hall–Kier alpha value is -3.04. The van der Waals surface area contributed by atoms with Crippen LogP contribution in [0.15, 0.2) is 35.5 Å². The number of alkyl halides is 3. The van der Waals surface area contributed by atoms with E-state index in [0.29, 0.717) is 25.6 Å². The van der Waals surface area contributed by atoms with Crippen LogP contribution in [0, 0.1) is 6.92 Å². The van der Waals surface area contributed by atoms with E-state index in [1.165, 1.54) is 0 Å². The molecule has 0 atom stereocenters. The minimum Gasteiger partial charge on any atom is -0.496 e. The summed E-state index contributed by atoms with van der Waals surface area (Å²) in [6.07, 6.45) is -2.63. The third kappa shape index (κ3) is 7.13. The largest absolute Gasteiger partial charge is 0.496 e. The summed E-state index contributed by atoms with van der Waals surface area (Å²) in [7, 11) is 3.29. The Morgan fingerprint density at radius 1 is 1.14 bits per heavy atom. The van der Waals surface area contributed by atoms with Gasteiger partial charge in [0.15, 0.2) is 5.96 Å². The summed E-state index contributed by atoms with van der Waals surface area (Å²) >= 11 is 0. The highest BCUT2D eigenvalue weighted by atomic mass is 19.4. The second-order valence-corrected chi connectivity index (χ2v) is 6.17. The van der Waals surface area contributed by atoms with Gasteiger partial charge in [0.2, 0.25) is 5.95 Å². The first-order valence-electron chi connectivity index (χ1n) is 9.05. The lowest BCUT2D eigenvalue weighted by molar-refractivity contribution is -0.141. The van der Waals surface area contributed by atoms with E-state index < -0.39 is 11.9 Å². The van der Waals surface area contributed by atoms with E-state index in [1.54, 1.807) is 14.2 Å². The number of halogens is 3. The van der Waals surface area contributed by atoms with Gasteiger partial charge in [-0.1, -0.05) is 12.1 Å². The molecule has 3 N–H and O–H groups in total. The number of rotatable bonds is 8. The summed E-state index contributed by atoms with van der Waals surface area (Å²) in [4.78, 5) is 11.4. The molecule has 2 rings (SSSR count). The third-order valence-corrected chi connectivity index (χ3v) is 4.05. The first-order valence-corrected chi connectivity index (χ1v) is 9.05. The number of anilines is 1. The summed E-state index contributed by atoms with van der Waals surface area (Å²) in [6, 6.07) is 6.91. The molecule has 0 spiro atoms. The van der Waals surface area contributed by atoms with Crippen molar-refractivity contribution in [2.75, 3.05) is 39.1 Å². The number of hydrogen-bond donors (Lipinski definition) is 3. The van der Waals surface area contributed by atoms with Crippen LogP contribution >= 0.6 is 0 Å². The van der Waals surface area contributed by atoms with Crippen molar-refractivity contribution in [1.82, 2.24) is 20.6 Å². The fraction of sp³-hybridized carbons (Fsp3) is 0.421. The molecular weight excluding hydrogens is 385 g/mol. The van der Waals surface area contributed by atoms with Crippen LogP contribution in [0.3, 0.4) is 0 Å². The van der Waals surface area contributed by atoms with Crippen LogP contribution in [-0.4, -0.2) is 49.7 Å². The number of benzene rings is 1. The molecule has 1 heterocycles. The zero-order valence-corrected chi connectivity index (χ0v) is 16.6. The maximum atomic E-state index is 12.6. The van der Waals surface area contributed by atoms with Crippen LogP contribution in [0.4, 0.5) is 19.1 Å². The van der Waals surface area contributed by atoms with Crippen molar-refractivity contribution in [3.8, 4) is 5.75 Å². The number of nitrogens with zero attached hydrogens (tertiary/aromatic N) is 3. The molecular formula is C19H25F3N6O. The smallest absolute Gasteiger partial charge is 0.433 e. The average molecular weight is 410 g/mol. The molecule has 10 heteroatoms. The van der Waals surface area contributed by atoms with Crippen molar-refractivity contribution < 1.29 is 17.9 Å². The van der Waals surface area contributed by atoms with Crippen LogP contribution < -0.4 is 20.7 Å². The van der Waals surface area contributed by atoms with E-state index in [2.05, 4.69) is 37.0 Å². The summed E-state index contributed by atoms with van der Waals surface area (Å²) in [5.74, 6) is 1.38. The maximum Gasteiger partial charge on any atom is 0.433 e. The topological polar surface area (TPSA) is 83.5 Å². The lowest BCUT2D eigenvalue weighted by atomic mass is 10.1. The first kappa shape index (κ1) is 22.3. The van der Waals surface area contributed by atoms with Gasteiger partial charge >= 0.3 is 6.18 Å². The molecule has 0 radical (unpaired) electrons. The molecule has 1 aromatic heterocycles. The number of methoxy groups -OCH3 is 1. The van der Waals surface area contributed by atoms with Gasteiger partial charge in [-0.2, -0.15) is 13.2 Å². The summed E-state index contributed by atoms with van der Waals surface area (Å²) < 4.78 is 43.3. The molecule has 0 amide bonds. The number of nitrogens with one attached hydrogen (secondary N) is 3. The van der Waals surface area contributed by atoms with Crippen molar-refractivity contribution in [3.05, 3.63) is 47.3 Å². The highest BCUT2D eigenvalue weighted by Crippen LogP contribution is 2.27. The minimum absolute atomic E-state index is 0.0714. The zero-order valence-electron chi connectivity index (χ0n) is 16.6. The number of ether oxygens (including phenoxy) is 1. The van der Waals surface area contributed by atoms with Gasteiger partial charge in [0.1, 0.15) is 11.4 Å². The van der Waals surface area contributed by atoms with Gasteiger partial charge in [-0.05, 0) is 36.6 Å². The molecule has 0 bridgehead atoms. The summed E-state index contributed by atoms with van der Waals surface area (Å²) in [5, 5.41) is 9.02. The predicted octanol–water partition coefficient (Wildman–Crippen LogP) is 2.63. The van der Waals surface area contributed by atoms with Crippen LogP contribution in [0.5, 0.6) is 5.75 Å². The summed E-state index contributed by atoms with van der Waals surface area (Å²) in [5.41, 5.74) is 1.24. The lowest BCUT2D eigenvalue weighted by Crippen LogP contribution is -2.40. The van der Waals surface area contributed by atoms with E-state index >= 15 is 0 Å². The molecule has 0 fully saturated rings. The Morgan fingerprint density at radius 2 is 1.90 bits per heavy atom. The molecule has 0 saturated carbocycles. The zero-order chi connectivity index (χ0) is 21.3. The van der Waals surface area contributed by atoms with Gasteiger partial charge in [0.25, 0.3) is 0 Å². The highest BCUT2D eigenvalue weighted by Gasteiger charge is 2.32. The van der Waals surface area contributed by atoms with E-state index in [1.807, 2.05) is 19.1 Å². The second-order valence-electron chi connectivity index (χ2n) is 6.17. The van der Waals surface area contributed by atoms with Gasteiger partial charge in [-0.15, -0.1) is 0 Å². The van der Waals surface area contributed by atoms with Gasteiger partial charge in [-0.3, -0.25) is 4.99 Å². The molecule has 29 heavy (non-hydrogen) atoms. The van der Waals surface area contributed by atoms with Crippen molar-refractivity contribution >= 4 is 11.9 Å². The summed E-state index contributed by atoms with van der Waals surface area (Å²) in [6.45, 7) is 3.41. The number of hydrogen-bond acceptors (Lipinski definition) is 5. The van der Waals surface area contributed by atoms with Crippen LogP contribution in [-0.2, 0) is 12.6 Å². The number of aliphatic imine (C=N–C) groups is 1. The Morgan fingerprint density at radius 3 is 2.59 bits per heavy atom. The molecule has 1 aromatic carbocycles. The Labute approximate surface area is 167 Å². The molecule has 158 valence electrons. The lowest BCUT2D eigenvalue weighted by Gasteiger charge is -2.13. The Bertz CT molecular complexity index is 826. The van der Waals surface area contributed by atoms with Crippen LogP contribution in [0.25, 0.3) is 0 Å². The van der Waals surface area contributed by atoms with Gasteiger partial charge < -0.3 is 20.7 Å². The molecule has 0 aliphatic rings. The normalized spacial score (nSPS) is 11.9. The van der Waals surface area contributed by atoms with E-state index in [9.17, 15) is 13.2 Å². The van der Waals surface area contributed by atoms with Crippen molar-refractivity contribution in [2.45, 2.75) is 19.5 Å². The minimum atomic E-state index is -4.49. The molecule has 0 aliphatic carbocycles. The molecule has 7 nitrogen and oxygen atoms in total. The van der Waals surface area contributed by atoms with Crippen molar-refractivity contribution in [1.29, 1.82) is 0 Å².